The molecule has 4 heteroatoms. The van der Waals surface area contributed by atoms with E-state index in [1.54, 1.807) is 12.4 Å². The van der Waals surface area contributed by atoms with Gasteiger partial charge in [0.2, 0.25) is 5.91 Å². The van der Waals surface area contributed by atoms with Crippen LogP contribution in [0.1, 0.15) is 18.4 Å². The molecule has 92 valence electrons. The zero-order valence-electron chi connectivity index (χ0n) is 10.2. The predicted octanol–water partition coefficient (Wildman–Crippen LogP) is 0.834. The van der Waals surface area contributed by atoms with Crippen LogP contribution < -0.4 is 5.32 Å². The Bertz CT molecular complexity index is 360. The molecular weight excluding hydrogens is 214 g/mol. The van der Waals surface area contributed by atoms with Gasteiger partial charge in [-0.25, -0.2) is 0 Å². The molecule has 0 radical (unpaired) electrons. The van der Waals surface area contributed by atoms with Gasteiger partial charge in [-0.2, -0.15) is 0 Å². The van der Waals surface area contributed by atoms with E-state index in [0.717, 1.165) is 25.9 Å². The van der Waals surface area contributed by atoms with Gasteiger partial charge in [0.15, 0.2) is 0 Å². The van der Waals surface area contributed by atoms with Crippen molar-refractivity contribution in [2.24, 2.45) is 0 Å². The minimum Gasteiger partial charge on any atom is -0.341 e. The number of hydrogen-bond donors (Lipinski definition) is 1. The molecule has 0 spiro atoms. The lowest BCUT2D eigenvalue weighted by Crippen LogP contribution is -2.38. The zero-order chi connectivity index (χ0) is 12.1. The summed E-state index contributed by atoms with van der Waals surface area (Å²) in [5.41, 5.74) is 1.17. The maximum Gasteiger partial charge on any atom is 0.222 e. The van der Waals surface area contributed by atoms with Crippen LogP contribution in [0.15, 0.2) is 24.5 Å². The summed E-state index contributed by atoms with van der Waals surface area (Å²) in [7, 11) is 1.91. The number of aromatic nitrogens is 1. The summed E-state index contributed by atoms with van der Waals surface area (Å²) in [6.07, 6.45) is 5.98. The second kappa shape index (κ2) is 5.77. The first-order valence-electron chi connectivity index (χ1n) is 6.12. The Hall–Kier alpha value is -1.42. The summed E-state index contributed by atoms with van der Waals surface area (Å²) in [4.78, 5) is 17.8. The van der Waals surface area contributed by atoms with Crippen LogP contribution in [-0.2, 0) is 11.2 Å². The average Bonchev–Trinajstić information content (AvgIpc) is 2.90. The number of nitrogens with zero attached hydrogens (tertiary/aromatic N) is 2. The Morgan fingerprint density at radius 1 is 1.53 bits per heavy atom. The van der Waals surface area contributed by atoms with Crippen LogP contribution in [0.2, 0.25) is 0 Å². The first kappa shape index (κ1) is 12.0. The van der Waals surface area contributed by atoms with Gasteiger partial charge in [0.05, 0.1) is 0 Å². The molecule has 1 N–H and O–H groups in total. The van der Waals surface area contributed by atoms with E-state index in [4.69, 9.17) is 0 Å². The SMILES string of the molecule is CN(C(=O)CCc1ccncc1)C1CCNC1. The largest absolute Gasteiger partial charge is 0.341 e. The van der Waals surface area contributed by atoms with Crippen LogP contribution in [-0.4, -0.2) is 42.0 Å². The van der Waals surface area contributed by atoms with Crippen molar-refractivity contribution < 1.29 is 4.79 Å². The Balaban J connectivity index is 1.80. The first-order valence-corrected chi connectivity index (χ1v) is 6.12. The molecule has 1 aromatic heterocycles. The monoisotopic (exact) mass is 233 g/mol. The predicted molar refractivity (Wildman–Crippen MR) is 66.6 cm³/mol. The number of aryl methyl sites for hydroxylation is 1. The third-order valence-electron chi connectivity index (χ3n) is 3.35. The maximum absolute atomic E-state index is 12.0. The molecule has 1 amide bonds. The standard InChI is InChI=1S/C13H19N3O/c1-16(12-6-9-15-10-12)13(17)3-2-11-4-7-14-8-5-11/h4-5,7-8,12,15H,2-3,6,9-10H2,1H3. The van der Waals surface area contributed by atoms with E-state index in [1.165, 1.54) is 5.56 Å². The molecule has 4 nitrogen and oxygen atoms in total. The van der Waals surface area contributed by atoms with Gasteiger partial charge in [-0.1, -0.05) is 0 Å². The minimum absolute atomic E-state index is 0.232. The van der Waals surface area contributed by atoms with Gasteiger partial charge in [-0.05, 0) is 37.1 Å². The first-order chi connectivity index (χ1) is 8.27. The van der Waals surface area contributed by atoms with E-state index in [2.05, 4.69) is 10.3 Å². The molecule has 1 atom stereocenters. The third kappa shape index (κ3) is 3.27. The third-order valence-corrected chi connectivity index (χ3v) is 3.35. The van der Waals surface area contributed by atoms with Crippen molar-refractivity contribution in [3.8, 4) is 0 Å². The molecule has 1 unspecified atom stereocenters. The second-order valence-electron chi connectivity index (χ2n) is 4.51. The quantitative estimate of drug-likeness (QED) is 0.838. The fourth-order valence-electron chi connectivity index (χ4n) is 2.15. The Morgan fingerprint density at radius 3 is 2.94 bits per heavy atom. The van der Waals surface area contributed by atoms with E-state index >= 15 is 0 Å². The molecule has 0 bridgehead atoms. The van der Waals surface area contributed by atoms with Crippen LogP contribution >= 0.6 is 0 Å². The highest BCUT2D eigenvalue weighted by atomic mass is 16.2. The molecule has 0 aromatic carbocycles. The maximum atomic E-state index is 12.0. The summed E-state index contributed by atoms with van der Waals surface area (Å²) < 4.78 is 0. The van der Waals surface area contributed by atoms with Crippen molar-refractivity contribution in [3.05, 3.63) is 30.1 Å². The summed E-state index contributed by atoms with van der Waals surface area (Å²) in [6, 6.07) is 4.30. The minimum atomic E-state index is 0.232. The number of pyridine rings is 1. The number of rotatable bonds is 4. The molecule has 1 saturated heterocycles. The average molecular weight is 233 g/mol. The highest BCUT2D eigenvalue weighted by molar-refractivity contribution is 5.76. The summed E-state index contributed by atoms with van der Waals surface area (Å²) in [5.74, 6) is 0.232. The zero-order valence-corrected chi connectivity index (χ0v) is 10.2. The number of amides is 1. The summed E-state index contributed by atoms with van der Waals surface area (Å²) in [6.45, 7) is 1.95. The lowest BCUT2D eigenvalue weighted by Gasteiger charge is -2.23. The molecule has 0 aliphatic carbocycles. The molecule has 1 aromatic rings. The normalized spacial score (nSPS) is 19.2. The molecule has 2 rings (SSSR count). The number of likely N-dealkylation sites (N-methyl/N-ethyl adjacent to an activating group) is 1. The van der Waals surface area contributed by atoms with Crippen LogP contribution in [0, 0.1) is 0 Å². The van der Waals surface area contributed by atoms with Crippen LogP contribution in [0.25, 0.3) is 0 Å². The second-order valence-corrected chi connectivity index (χ2v) is 4.51. The molecule has 1 aliphatic heterocycles. The van der Waals surface area contributed by atoms with Gasteiger partial charge >= 0.3 is 0 Å². The van der Waals surface area contributed by atoms with Gasteiger partial charge < -0.3 is 10.2 Å². The topological polar surface area (TPSA) is 45.2 Å². The van der Waals surface area contributed by atoms with Crippen molar-refractivity contribution >= 4 is 5.91 Å². The fraction of sp³-hybridized carbons (Fsp3) is 0.538. The number of carbonyl (C=O) groups excluding carboxylic acids is 1. The fourth-order valence-corrected chi connectivity index (χ4v) is 2.15. The van der Waals surface area contributed by atoms with Crippen molar-refractivity contribution in [1.82, 2.24) is 15.2 Å². The van der Waals surface area contributed by atoms with Crippen molar-refractivity contribution in [2.45, 2.75) is 25.3 Å². The lowest BCUT2D eigenvalue weighted by atomic mass is 10.1. The van der Waals surface area contributed by atoms with E-state index in [0.29, 0.717) is 12.5 Å². The van der Waals surface area contributed by atoms with Gasteiger partial charge in [0.25, 0.3) is 0 Å². The number of nitrogens with one attached hydrogen (secondary N) is 1. The Morgan fingerprint density at radius 2 is 2.29 bits per heavy atom. The van der Waals surface area contributed by atoms with Crippen molar-refractivity contribution in [3.63, 3.8) is 0 Å². The smallest absolute Gasteiger partial charge is 0.222 e. The number of carbonyl (C=O) groups is 1. The molecule has 1 aliphatic rings. The molecule has 0 saturated carbocycles. The van der Waals surface area contributed by atoms with Gasteiger partial charge in [0, 0.05) is 38.4 Å². The molecule has 1 fully saturated rings. The van der Waals surface area contributed by atoms with Gasteiger partial charge in [0.1, 0.15) is 0 Å². The van der Waals surface area contributed by atoms with Gasteiger partial charge in [-0.3, -0.25) is 9.78 Å². The van der Waals surface area contributed by atoms with Crippen LogP contribution in [0.5, 0.6) is 0 Å². The van der Waals surface area contributed by atoms with Crippen molar-refractivity contribution in [2.75, 3.05) is 20.1 Å². The van der Waals surface area contributed by atoms with Gasteiger partial charge in [-0.15, -0.1) is 0 Å². The van der Waals surface area contributed by atoms with E-state index < -0.39 is 0 Å². The van der Waals surface area contributed by atoms with Crippen LogP contribution in [0.4, 0.5) is 0 Å². The number of hydrogen-bond acceptors (Lipinski definition) is 3. The van der Waals surface area contributed by atoms with E-state index in [9.17, 15) is 4.79 Å². The summed E-state index contributed by atoms with van der Waals surface area (Å²) >= 11 is 0. The Kier molecular flexibility index (Phi) is 4.09. The highest BCUT2D eigenvalue weighted by Gasteiger charge is 2.22. The van der Waals surface area contributed by atoms with E-state index in [1.807, 2.05) is 24.1 Å². The lowest BCUT2D eigenvalue weighted by molar-refractivity contribution is -0.131. The van der Waals surface area contributed by atoms with E-state index in [-0.39, 0.29) is 5.91 Å². The Labute approximate surface area is 102 Å². The molecular formula is C13H19N3O. The summed E-state index contributed by atoms with van der Waals surface area (Å²) in [5, 5.41) is 3.28. The van der Waals surface area contributed by atoms with Crippen LogP contribution in [0.3, 0.4) is 0 Å². The highest BCUT2D eigenvalue weighted by Crippen LogP contribution is 2.09. The molecule has 17 heavy (non-hydrogen) atoms. The molecule has 2 heterocycles. The van der Waals surface area contributed by atoms with Crippen molar-refractivity contribution in [1.29, 1.82) is 0 Å².